The van der Waals surface area contributed by atoms with Crippen LogP contribution in [0.5, 0.6) is 0 Å². The molecule has 0 aliphatic heterocycles. The number of hydrogen-bond donors (Lipinski definition) is 1. The molecule has 0 aromatic heterocycles. The van der Waals surface area contributed by atoms with Crippen molar-refractivity contribution in [2.45, 2.75) is 13.0 Å². The summed E-state index contributed by atoms with van der Waals surface area (Å²) in [6.07, 6.45) is -0.00210. The lowest BCUT2D eigenvalue weighted by Crippen LogP contribution is -2.25. The van der Waals surface area contributed by atoms with E-state index in [-0.39, 0.29) is 24.7 Å². The van der Waals surface area contributed by atoms with Crippen molar-refractivity contribution in [2.24, 2.45) is 0 Å². The maximum Gasteiger partial charge on any atom is 0.224 e. The quantitative estimate of drug-likeness (QED) is 0.908. The lowest BCUT2D eigenvalue weighted by Gasteiger charge is -2.08. The third-order valence-electron chi connectivity index (χ3n) is 2.80. The molecule has 20 heavy (non-hydrogen) atoms. The summed E-state index contributed by atoms with van der Waals surface area (Å²) in [7, 11) is 0. The second-order valence-corrected chi connectivity index (χ2v) is 5.12. The maximum atomic E-state index is 13.4. The molecule has 0 fully saturated rings. The molecule has 2 aromatic carbocycles. The van der Waals surface area contributed by atoms with Crippen molar-refractivity contribution >= 4 is 29.1 Å². The van der Waals surface area contributed by atoms with E-state index >= 15 is 0 Å². The summed E-state index contributed by atoms with van der Waals surface area (Å²) < 4.78 is 13.4. The highest BCUT2D eigenvalue weighted by atomic mass is 35.5. The summed E-state index contributed by atoms with van der Waals surface area (Å²) in [5.74, 6) is -0.645. The molecule has 0 bridgehead atoms. The minimum Gasteiger partial charge on any atom is -0.352 e. The lowest BCUT2D eigenvalue weighted by atomic mass is 10.1. The van der Waals surface area contributed by atoms with Gasteiger partial charge in [0.1, 0.15) is 5.82 Å². The SMILES string of the molecule is O=C(Cc1ccccc1F)NCc1ccc(Cl)cc1Cl. The van der Waals surface area contributed by atoms with Crippen LogP contribution in [0.1, 0.15) is 11.1 Å². The average Bonchev–Trinajstić information content (AvgIpc) is 2.40. The first-order chi connectivity index (χ1) is 9.56. The first-order valence-corrected chi connectivity index (χ1v) is 6.76. The molecule has 5 heteroatoms. The van der Waals surface area contributed by atoms with Crippen LogP contribution in [-0.2, 0) is 17.8 Å². The maximum absolute atomic E-state index is 13.4. The fraction of sp³-hybridized carbons (Fsp3) is 0.133. The van der Waals surface area contributed by atoms with Crippen molar-refractivity contribution in [3.05, 3.63) is 69.5 Å². The third-order valence-corrected chi connectivity index (χ3v) is 3.39. The van der Waals surface area contributed by atoms with E-state index in [2.05, 4.69) is 5.32 Å². The van der Waals surface area contributed by atoms with E-state index in [1.807, 2.05) is 0 Å². The van der Waals surface area contributed by atoms with E-state index in [1.54, 1.807) is 36.4 Å². The Morgan fingerprint density at radius 2 is 1.85 bits per heavy atom. The summed E-state index contributed by atoms with van der Waals surface area (Å²) >= 11 is 11.8. The van der Waals surface area contributed by atoms with Crippen molar-refractivity contribution in [2.75, 3.05) is 0 Å². The van der Waals surface area contributed by atoms with Crippen LogP contribution in [0.4, 0.5) is 4.39 Å². The minimum atomic E-state index is -0.382. The van der Waals surface area contributed by atoms with Crippen LogP contribution < -0.4 is 5.32 Å². The Morgan fingerprint density at radius 1 is 1.10 bits per heavy atom. The smallest absolute Gasteiger partial charge is 0.224 e. The summed E-state index contributed by atoms with van der Waals surface area (Å²) in [5, 5.41) is 3.73. The number of hydrogen-bond acceptors (Lipinski definition) is 1. The van der Waals surface area contributed by atoms with Gasteiger partial charge in [-0.25, -0.2) is 4.39 Å². The van der Waals surface area contributed by atoms with Gasteiger partial charge in [-0.1, -0.05) is 47.5 Å². The van der Waals surface area contributed by atoms with E-state index < -0.39 is 0 Å². The Hall–Kier alpha value is -1.58. The zero-order chi connectivity index (χ0) is 14.5. The molecule has 0 aliphatic carbocycles. The minimum absolute atomic E-state index is 0.00210. The molecule has 0 radical (unpaired) electrons. The first-order valence-electron chi connectivity index (χ1n) is 6.00. The molecule has 0 unspecified atom stereocenters. The summed E-state index contributed by atoms with van der Waals surface area (Å²) in [5.41, 5.74) is 1.13. The molecular weight excluding hydrogens is 300 g/mol. The van der Waals surface area contributed by atoms with Gasteiger partial charge in [0.15, 0.2) is 0 Å². The highest BCUT2D eigenvalue weighted by Crippen LogP contribution is 2.20. The Balaban J connectivity index is 1.94. The van der Waals surface area contributed by atoms with Gasteiger partial charge >= 0.3 is 0 Å². The molecule has 0 aliphatic rings. The molecule has 1 N–H and O–H groups in total. The van der Waals surface area contributed by atoms with Crippen LogP contribution in [0.15, 0.2) is 42.5 Å². The third kappa shape index (κ3) is 3.95. The molecule has 0 spiro atoms. The van der Waals surface area contributed by atoms with Crippen molar-refractivity contribution in [3.8, 4) is 0 Å². The molecule has 0 saturated carbocycles. The molecule has 2 aromatic rings. The summed E-state index contributed by atoms with van der Waals surface area (Å²) in [6, 6.07) is 11.3. The predicted molar refractivity (Wildman–Crippen MR) is 78.4 cm³/mol. The monoisotopic (exact) mass is 311 g/mol. The molecule has 2 rings (SSSR count). The molecule has 0 heterocycles. The number of rotatable bonds is 4. The van der Waals surface area contributed by atoms with Crippen LogP contribution in [0.2, 0.25) is 10.0 Å². The van der Waals surface area contributed by atoms with Gasteiger partial charge in [-0.2, -0.15) is 0 Å². The summed E-state index contributed by atoms with van der Waals surface area (Å²) in [6.45, 7) is 0.281. The highest BCUT2D eigenvalue weighted by molar-refractivity contribution is 6.35. The molecule has 2 nitrogen and oxygen atoms in total. The molecule has 0 atom stereocenters. The van der Waals surface area contributed by atoms with E-state index in [1.165, 1.54) is 6.07 Å². The predicted octanol–water partition coefficient (Wildman–Crippen LogP) is 3.99. The number of carbonyl (C=O) groups excluding carboxylic acids is 1. The second kappa shape index (κ2) is 6.73. The zero-order valence-corrected chi connectivity index (χ0v) is 12.0. The largest absolute Gasteiger partial charge is 0.352 e. The van der Waals surface area contributed by atoms with Gasteiger partial charge in [0.25, 0.3) is 0 Å². The van der Waals surface area contributed by atoms with Gasteiger partial charge in [-0.15, -0.1) is 0 Å². The normalized spacial score (nSPS) is 10.3. The Morgan fingerprint density at radius 3 is 2.55 bits per heavy atom. The number of nitrogens with one attached hydrogen (secondary N) is 1. The molecule has 0 saturated heterocycles. The van der Waals surface area contributed by atoms with E-state index in [9.17, 15) is 9.18 Å². The Kier molecular flexibility index (Phi) is 4.99. The van der Waals surface area contributed by atoms with E-state index in [4.69, 9.17) is 23.2 Å². The van der Waals surface area contributed by atoms with Crippen LogP contribution in [0.25, 0.3) is 0 Å². The average molecular weight is 312 g/mol. The van der Waals surface area contributed by atoms with E-state index in [0.29, 0.717) is 15.6 Å². The molecular formula is C15H12Cl2FNO. The molecule has 1 amide bonds. The lowest BCUT2D eigenvalue weighted by molar-refractivity contribution is -0.120. The van der Waals surface area contributed by atoms with Gasteiger partial charge in [0, 0.05) is 16.6 Å². The summed E-state index contributed by atoms with van der Waals surface area (Å²) in [4.78, 5) is 11.8. The van der Waals surface area contributed by atoms with Crippen LogP contribution in [-0.4, -0.2) is 5.91 Å². The van der Waals surface area contributed by atoms with Crippen LogP contribution >= 0.6 is 23.2 Å². The van der Waals surface area contributed by atoms with Crippen LogP contribution in [0, 0.1) is 5.82 Å². The standard InChI is InChI=1S/C15H12Cl2FNO/c16-12-6-5-11(13(17)8-12)9-19-15(20)7-10-3-1-2-4-14(10)18/h1-6,8H,7,9H2,(H,19,20). The van der Waals surface area contributed by atoms with Gasteiger partial charge in [0.2, 0.25) is 5.91 Å². The number of carbonyl (C=O) groups is 1. The fourth-order valence-electron chi connectivity index (χ4n) is 1.74. The van der Waals surface area contributed by atoms with Gasteiger partial charge < -0.3 is 5.32 Å². The highest BCUT2D eigenvalue weighted by Gasteiger charge is 2.08. The van der Waals surface area contributed by atoms with Crippen molar-refractivity contribution < 1.29 is 9.18 Å². The Labute approximate surface area is 126 Å². The Bertz CT molecular complexity index is 631. The van der Waals surface area contributed by atoms with Gasteiger partial charge in [-0.3, -0.25) is 4.79 Å². The van der Waals surface area contributed by atoms with Crippen LogP contribution in [0.3, 0.4) is 0 Å². The second-order valence-electron chi connectivity index (χ2n) is 4.28. The van der Waals surface area contributed by atoms with Crippen molar-refractivity contribution in [1.82, 2.24) is 5.32 Å². The fourth-order valence-corrected chi connectivity index (χ4v) is 2.21. The topological polar surface area (TPSA) is 29.1 Å². The number of halogens is 3. The number of amides is 1. The molecule has 104 valence electrons. The van der Waals surface area contributed by atoms with Gasteiger partial charge in [-0.05, 0) is 29.3 Å². The van der Waals surface area contributed by atoms with Crippen molar-refractivity contribution in [1.29, 1.82) is 0 Å². The first kappa shape index (κ1) is 14.8. The van der Waals surface area contributed by atoms with E-state index in [0.717, 1.165) is 5.56 Å². The zero-order valence-electron chi connectivity index (χ0n) is 10.5. The van der Waals surface area contributed by atoms with Crippen molar-refractivity contribution in [3.63, 3.8) is 0 Å². The number of benzene rings is 2. The van der Waals surface area contributed by atoms with Gasteiger partial charge in [0.05, 0.1) is 6.42 Å².